The second-order valence-electron chi connectivity index (χ2n) is 7.53. The Morgan fingerprint density at radius 3 is 2.96 bits per heavy atom. The lowest BCUT2D eigenvalue weighted by molar-refractivity contribution is 0.0419. The van der Waals surface area contributed by atoms with Crippen LogP contribution in [0.4, 0.5) is 0 Å². The molecule has 1 aromatic heterocycles. The lowest BCUT2D eigenvalue weighted by atomic mass is 10.0. The van der Waals surface area contributed by atoms with Crippen molar-refractivity contribution in [2.45, 2.75) is 37.8 Å². The fraction of sp³-hybridized carbons (Fsp3) is 0.524. The molecule has 2 aliphatic rings. The minimum atomic E-state index is -0.173. The van der Waals surface area contributed by atoms with Gasteiger partial charge in [-0.1, -0.05) is 18.2 Å². The maximum Gasteiger partial charge on any atom is 0.272 e. The van der Waals surface area contributed by atoms with Gasteiger partial charge in [-0.2, -0.15) is 5.10 Å². The molecule has 7 nitrogen and oxygen atoms in total. The lowest BCUT2D eigenvalue weighted by Gasteiger charge is -2.30. The molecule has 0 saturated carbocycles. The Morgan fingerprint density at radius 1 is 1.32 bits per heavy atom. The van der Waals surface area contributed by atoms with Crippen molar-refractivity contribution in [1.82, 2.24) is 20.4 Å². The van der Waals surface area contributed by atoms with Gasteiger partial charge in [-0.15, -0.1) is 0 Å². The third kappa shape index (κ3) is 4.20. The number of methoxy groups -OCH3 is 1. The number of aromatic amines is 1. The van der Waals surface area contributed by atoms with Crippen molar-refractivity contribution in [1.29, 1.82) is 0 Å². The fourth-order valence-corrected chi connectivity index (χ4v) is 4.20. The highest BCUT2D eigenvalue weighted by molar-refractivity contribution is 5.92. The molecule has 0 bridgehead atoms. The normalized spacial score (nSPS) is 21.0. The number of carbonyl (C=O) groups excluding carboxylic acids is 1. The van der Waals surface area contributed by atoms with Gasteiger partial charge in [0.2, 0.25) is 0 Å². The van der Waals surface area contributed by atoms with Gasteiger partial charge >= 0.3 is 0 Å². The first-order valence-electron chi connectivity index (χ1n) is 10.0. The van der Waals surface area contributed by atoms with E-state index in [0.717, 1.165) is 62.6 Å². The van der Waals surface area contributed by atoms with E-state index in [4.69, 9.17) is 9.47 Å². The Morgan fingerprint density at radius 2 is 2.14 bits per heavy atom. The molecule has 0 unspecified atom stereocenters. The first-order valence-corrected chi connectivity index (χ1v) is 10.0. The molecule has 0 radical (unpaired) electrons. The summed E-state index contributed by atoms with van der Waals surface area (Å²) in [4.78, 5) is 15.1. The largest absolute Gasteiger partial charge is 0.496 e. The quantitative estimate of drug-likeness (QED) is 0.799. The average molecular weight is 384 g/mol. The molecule has 28 heavy (non-hydrogen) atoms. The highest BCUT2D eigenvalue weighted by Crippen LogP contribution is 2.30. The number of hydrogen-bond acceptors (Lipinski definition) is 5. The van der Waals surface area contributed by atoms with Crippen LogP contribution in [0, 0.1) is 0 Å². The Labute approximate surface area is 165 Å². The standard InChI is InChI=1S/C21H28N4O3/c1-27-20-5-3-2-4-15(20)13-22-21(26)19-12-18(23-24-19)16-6-9-25(14-16)17-7-10-28-11-8-17/h2-5,12,16-17H,6-11,13-14H2,1H3,(H,22,26)(H,23,24)/t16-/m1/s1. The first-order chi connectivity index (χ1) is 13.7. The van der Waals surface area contributed by atoms with E-state index >= 15 is 0 Å². The molecule has 1 aromatic carbocycles. The molecule has 2 saturated heterocycles. The number of rotatable bonds is 6. The molecule has 0 aliphatic carbocycles. The number of nitrogens with zero attached hydrogens (tertiary/aromatic N) is 2. The number of ether oxygens (including phenoxy) is 2. The molecule has 7 heteroatoms. The van der Waals surface area contributed by atoms with Gasteiger partial charge in [0.25, 0.3) is 5.91 Å². The molecule has 1 atom stereocenters. The van der Waals surface area contributed by atoms with Gasteiger partial charge in [-0.25, -0.2) is 0 Å². The SMILES string of the molecule is COc1ccccc1CNC(=O)c1cc([C@@H]2CCN(C3CCOCC3)C2)[nH]n1. The summed E-state index contributed by atoms with van der Waals surface area (Å²) >= 11 is 0. The molecule has 150 valence electrons. The zero-order chi connectivity index (χ0) is 19.3. The van der Waals surface area contributed by atoms with Crippen LogP contribution in [0.2, 0.25) is 0 Å². The van der Waals surface area contributed by atoms with Crippen LogP contribution in [0.5, 0.6) is 5.75 Å². The molecule has 2 fully saturated rings. The number of amides is 1. The number of hydrogen-bond donors (Lipinski definition) is 2. The third-order valence-electron chi connectivity index (χ3n) is 5.83. The van der Waals surface area contributed by atoms with Crippen LogP contribution in [-0.4, -0.2) is 60.5 Å². The van der Waals surface area contributed by atoms with Gasteiger partial charge in [0.15, 0.2) is 0 Å². The Kier molecular flexibility index (Phi) is 5.92. The van der Waals surface area contributed by atoms with Gasteiger partial charge < -0.3 is 14.8 Å². The van der Waals surface area contributed by atoms with Gasteiger partial charge in [0, 0.05) is 49.5 Å². The van der Waals surface area contributed by atoms with E-state index in [0.29, 0.717) is 24.2 Å². The van der Waals surface area contributed by atoms with Gasteiger partial charge in [0.1, 0.15) is 11.4 Å². The van der Waals surface area contributed by atoms with E-state index < -0.39 is 0 Å². The van der Waals surface area contributed by atoms with Crippen molar-refractivity contribution >= 4 is 5.91 Å². The Bertz CT molecular complexity index is 800. The monoisotopic (exact) mass is 384 g/mol. The van der Waals surface area contributed by atoms with Crippen molar-refractivity contribution < 1.29 is 14.3 Å². The summed E-state index contributed by atoms with van der Waals surface area (Å²) in [5, 5.41) is 10.3. The molecular weight excluding hydrogens is 356 g/mol. The molecule has 2 aliphatic heterocycles. The van der Waals surface area contributed by atoms with Crippen LogP contribution >= 0.6 is 0 Å². The molecule has 0 spiro atoms. The summed E-state index contributed by atoms with van der Waals surface area (Å²) in [6.45, 7) is 4.27. The van der Waals surface area contributed by atoms with Crippen molar-refractivity contribution in [2.75, 3.05) is 33.4 Å². The number of nitrogens with one attached hydrogen (secondary N) is 2. The Balaban J connectivity index is 1.33. The van der Waals surface area contributed by atoms with Crippen LogP contribution in [-0.2, 0) is 11.3 Å². The van der Waals surface area contributed by atoms with E-state index in [1.165, 1.54) is 0 Å². The summed E-state index contributed by atoms with van der Waals surface area (Å²) < 4.78 is 10.8. The number of H-pyrrole nitrogens is 1. The molecule has 1 amide bonds. The zero-order valence-corrected chi connectivity index (χ0v) is 16.3. The van der Waals surface area contributed by atoms with Crippen molar-refractivity contribution in [3.8, 4) is 5.75 Å². The topological polar surface area (TPSA) is 79.5 Å². The molecule has 3 heterocycles. The zero-order valence-electron chi connectivity index (χ0n) is 16.3. The van der Waals surface area contributed by atoms with E-state index in [2.05, 4.69) is 20.4 Å². The lowest BCUT2D eigenvalue weighted by Crippen LogP contribution is -2.37. The predicted molar refractivity (Wildman–Crippen MR) is 106 cm³/mol. The smallest absolute Gasteiger partial charge is 0.272 e. The van der Waals surface area contributed by atoms with Crippen LogP contribution in [0.1, 0.15) is 46.9 Å². The number of para-hydroxylation sites is 1. The number of benzene rings is 1. The fourth-order valence-electron chi connectivity index (χ4n) is 4.20. The predicted octanol–water partition coefficient (Wildman–Crippen LogP) is 2.32. The maximum absolute atomic E-state index is 12.5. The molecule has 4 rings (SSSR count). The average Bonchev–Trinajstić information content (AvgIpc) is 3.42. The number of aromatic nitrogens is 2. The Hall–Kier alpha value is -2.38. The summed E-state index contributed by atoms with van der Waals surface area (Å²) in [5.74, 6) is 1.00. The minimum absolute atomic E-state index is 0.173. The van der Waals surface area contributed by atoms with E-state index in [1.54, 1.807) is 7.11 Å². The van der Waals surface area contributed by atoms with Crippen LogP contribution in [0.25, 0.3) is 0 Å². The highest BCUT2D eigenvalue weighted by Gasteiger charge is 2.31. The van der Waals surface area contributed by atoms with Gasteiger partial charge in [0.05, 0.1) is 7.11 Å². The number of likely N-dealkylation sites (tertiary alicyclic amines) is 1. The van der Waals surface area contributed by atoms with E-state index in [1.807, 2.05) is 30.3 Å². The molecule has 2 N–H and O–H groups in total. The van der Waals surface area contributed by atoms with Crippen LogP contribution < -0.4 is 10.1 Å². The van der Waals surface area contributed by atoms with Crippen LogP contribution in [0.3, 0.4) is 0 Å². The minimum Gasteiger partial charge on any atom is -0.496 e. The summed E-state index contributed by atoms with van der Waals surface area (Å²) in [6, 6.07) is 10.2. The third-order valence-corrected chi connectivity index (χ3v) is 5.83. The summed E-state index contributed by atoms with van der Waals surface area (Å²) in [5.41, 5.74) is 2.43. The molecular formula is C21H28N4O3. The molecule has 2 aromatic rings. The van der Waals surface area contributed by atoms with Crippen molar-refractivity contribution in [3.63, 3.8) is 0 Å². The van der Waals surface area contributed by atoms with Gasteiger partial charge in [-0.05, 0) is 37.9 Å². The first kappa shape index (κ1) is 19.0. The second kappa shape index (κ2) is 8.75. The second-order valence-corrected chi connectivity index (χ2v) is 7.53. The summed E-state index contributed by atoms with van der Waals surface area (Å²) in [6.07, 6.45) is 3.33. The highest BCUT2D eigenvalue weighted by atomic mass is 16.5. The summed E-state index contributed by atoms with van der Waals surface area (Å²) in [7, 11) is 1.63. The van der Waals surface area contributed by atoms with E-state index in [9.17, 15) is 4.79 Å². The van der Waals surface area contributed by atoms with Crippen LogP contribution in [0.15, 0.2) is 30.3 Å². The van der Waals surface area contributed by atoms with Crippen molar-refractivity contribution in [3.05, 3.63) is 47.3 Å². The van der Waals surface area contributed by atoms with Gasteiger partial charge in [-0.3, -0.25) is 14.8 Å². The maximum atomic E-state index is 12.5. The van der Waals surface area contributed by atoms with Crippen molar-refractivity contribution in [2.24, 2.45) is 0 Å². The number of carbonyl (C=O) groups is 1. The van der Waals surface area contributed by atoms with E-state index in [-0.39, 0.29) is 5.91 Å².